The molecule has 180 valence electrons. The van der Waals surface area contributed by atoms with Crippen molar-refractivity contribution in [3.63, 3.8) is 0 Å². The molecule has 1 saturated carbocycles. The minimum atomic E-state index is -0.792. The standard InChI is InChI=1S/C26H30N2O5S/c1-2-18-8-11-20(27-17-18)14-15-32-21-12-9-19(10-13-21)16-23-24(29)28(26(31)34-23)25(30)33-22-6-4-3-5-7-22/h8-13,17,22,29H,2-7,14-16H2,1H3. The van der Waals surface area contributed by atoms with Gasteiger partial charge in [-0.3, -0.25) is 9.78 Å². The molecule has 34 heavy (non-hydrogen) atoms. The first-order valence-electron chi connectivity index (χ1n) is 11.8. The minimum absolute atomic E-state index is 0.185. The average Bonchev–Trinajstić information content (AvgIpc) is 3.13. The minimum Gasteiger partial charge on any atom is -0.493 e. The summed E-state index contributed by atoms with van der Waals surface area (Å²) in [4.78, 5) is 29.2. The van der Waals surface area contributed by atoms with Crippen LogP contribution in [0.1, 0.15) is 60.7 Å². The number of aromatic hydroxyl groups is 1. The van der Waals surface area contributed by atoms with Crippen LogP contribution in [-0.4, -0.2) is 33.5 Å². The van der Waals surface area contributed by atoms with Gasteiger partial charge in [0, 0.05) is 24.7 Å². The second kappa shape index (κ2) is 11.3. The molecule has 1 N–H and O–H groups in total. The number of hydrogen-bond donors (Lipinski definition) is 1. The molecule has 0 unspecified atom stereocenters. The first-order chi connectivity index (χ1) is 16.5. The van der Waals surface area contributed by atoms with Crippen LogP contribution in [0.5, 0.6) is 11.6 Å². The normalized spacial score (nSPS) is 14.1. The van der Waals surface area contributed by atoms with Crippen molar-refractivity contribution in [3.8, 4) is 11.6 Å². The van der Waals surface area contributed by atoms with Crippen molar-refractivity contribution in [3.05, 3.63) is 74.0 Å². The van der Waals surface area contributed by atoms with Crippen LogP contribution in [0.3, 0.4) is 0 Å². The highest BCUT2D eigenvalue weighted by molar-refractivity contribution is 7.09. The van der Waals surface area contributed by atoms with Crippen LogP contribution >= 0.6 is 11.3 Å². The van der Waals surface area contributed by atoms with Crippen molar-refractivity contribution < 1.29 is 19.4 Å². The summed E-state index contributed by atoms with van der Waals surface area (Å²) < 4.78 is 12.0. The van der Waals surface area contributed by atoms with E-state index in [0.29, 0.717) is 17.9 Å². The van der Waals surface area contributed by atoms with E-state index in [2.05, 4.69) is 18.0 Å². The summed E-state index contributed by atoms with van der Waals surface area (Å²) in [6, 6.07) is 11.6. The van der Waals surface area contributed by atoms with E-state index in [4.69, 9.17) is 9.47 Å². The smallest absolute Gasteiger partial charge is 0.424 e. The highest BCUT2D eigenvalue weighted by Crippen LogP contribution is 2.26. The van der Waals surface area contributed by atoms with Gasteiger partial charge in [0.15, 0.2) is 0 Å². The van der Waals surface area contributed by atoms with Crippen LogP contribution in [0.4, 0.5) is 4.79 Å². The van der Waals surface area contributed by atoms with E-state index in [9.17, 15) is 14.7 Å². The summed E-state index contributed by atoms with van der Waals surface area (Å²) in [5.41, 5.74) is 3.10. The summed E-state index contributed by atoms with van der Waals surface area (Å²) in [5.74, 6) is 0.401. The number of pyridine rings is 1. The molecule has 2 aromatic heterocycles. The first-order valence-corrected chi connectivity index (χ1v) is 12.7. The zero-order valence-electron chi connectivity index (χ0n) is 19.4. The third-order valence-electron chi connectivity index (χ3n) is 6.07. The van der Waals surface area contributed by atoms with Crippen molar-refractivity contribution in [2.75, 3.05) is 6.61 Å². The molecule has 0 amide bonds. The molecule has 8 heteroatoms. The zero-order valence-corrected chi connectivity index (χ0v) is 20.2. The van der Waals surface area contributed by atoms with Gasteiger partial charge in [0.25, 0.3) is 0 Å². The predicted molar refractivity (Wildman–Crippen MR) is 131 cm³/mol. The lowest BCUT2D eigenvalue weighted by molar-refractivity contribution is 0.0746. The molecule has 0 saturated heterocycles. The van der Waals surface area contributed by atoms with Crippen molar-refractivity contribution in [2.24, 2.45) is 0 Å². The van der Waals surface area contributed by atoms with Crippen molar-refractivity contribution in [2.45, 2.75) is 64.4 Å². The van der Waals surface area contributed by atoms with E-state index >= 15 is 0 Å². The van der Waals surface area contributed by atoms with E-state index < -0.39 is 11.0 Å². The van der Waals surface area contributed by atoms with Crippen molar-refractivity contribution >= 4 is 17.4 Å². The molecule has 0 radical (unpaired) electrons. The SMILES string of the molecule is CCc1ccc(CCOc2ccc(Cc3sc(=O)n(C(=O)OC4CCCCC4)c3O)cc2)nc1. The number of hydrogen-bond acceptors (Lipinski definition) is 7. The summed E-state index contributed by atoms with van der Waals surface area (Å²) in [6.07, 6.45) is 7.71. The van der Waals surface area contributed by atoms with Crippen LogP contribution in [-0.2, 0) is 24.0 Å². The summed E-state index contributed by atoms with van der Waals surface area (Å²) in [6.45, 7) is 2.62. The van der Waals surface area contributed by atoms with Gasteiger partial charge in [-0.05, 0) is 61.4 Å². The van der Waals surface area contributed by atoms with Crippen LogP contribution in [0, 0.1) is 0 Å². The summed E-state index contributed by atoms with van der Waals surface area (Å²) in [7, 11) is 0. The molecule has 1 aliphatic rings. The van der Waals surface area contributed by atoms with Gasteiger partial charge in [0.1, 0.15) is 11.9 Å². The highest BCUT2D eigenvalue weighted by Gasteiger charge is 2.24. The van der Waals surface area contributed by atoms with Gasteiger partial charge < -0.3 is 14.6 Å². The Labute approximate surface area is 203 Å². The molecule has 0 atom stereocenters. The molecule has 1 aromatic carbocycles. The Kier molecular flexibility index (Phi) is 8.00. The van der Waals surface area contributed by atoms with Crippen LogP contribution in [0.25, 0.3) is 0 Å². The molecule has 0 bridgehead atoms. The van der Waals surface area contributed by atoms with Crippen molar-refractivity contribution in [1.82, 2.24) is 9.55 Å². The number of benzene rings is 1. The molecule has 1 aliphatic carbocycles. The third-order valence-corrected chi connectivity index (χ3v) is 7.00. The average molecular weight is 483 g/mol. The Hall–Kier alpha value is -3.13. The Morgan fingerprint density at radius 3 is 2.53 bits per heavy atom. The number of rotatable bonds is 8. The Morgan fingerprint density at radius 2 is 1.85 bits per heavy atom. The molecule has 3 aromatic rings. The van der Waals surface area contributed by atoms with Gasteiger partial charge in [0.05, 0.1) is 11.5 Å². The van der Waals surface area contributed by atoms with Gasteiger partial charge in [0.2, 0.25) is 5.88 Å². The van der Waals surface area contributed by atoms with E-state index in [1.54, 1.807) is 0 Å². The molecule has 4 rings (SSSR count). The maximum absolute atomic E-state index is 12.5. The van der Waals surface area contributed by atoms with Crippen LogP contribution in [0.2, 0.25) is 0 Å². The summed E-state index contributed by atoms with van der Waals surface area (Å²) >= 11 is 0.863. The van der Waals surface area contributed by atoms with Gasteiger partial charge >= 0.3 is 11.0 Å². The largest absolute Gasteiger partial charge is 0.493 e. The van der Waals surface area contributed by atoms with Crippen LogP contribution in [0.15, 0.2) is 47.4 Å². The molecular weight excluding hydrogens is 452 g/mol. The number of carbonyl (C=O) groups is 1. The fraction of sp³-hybridized carbons (Fsp3) is 0.423. The third kappa shape index (κ3) is 6.05. The van der Waals surface area contributed by atoms with E-state index in [0.717, 1.165) is 77.9 Å². The second-order valence-corrected chi connectivity index (χ2v) is 9.57. The van der Waals surface area contributed by atoms with Gasteiger partial charge in [-0.25, -0.2) is 4.79 Å². The monoisotopic (exact) mass is 482 g/mol. The number of aryl methyl sites for hydroxylation is 1. The van der Waals surface area contributed by atoms with Gasteiger partial charge in [-0.2, -0.15) is 4.57 Å². The molecular formula is C26H30N2O5S. The number of thiazole rings is 1. The van der Waals surface area contributed by atoms with E-state index in [1.807, 2.05) is 36.5 Å². The maximum Gasteiger partial charge on any atom is 0.424 e. The zero-order chi connectivity index (χ0) is 23.9. The molecule has 2 heterocycles. The second-order valence-electron chi connectivity index (χ2n) is 8.52. The number of ether oxygens (including phenoxy) is 2. The predicted octanol–water partition coefficient (Wildman–Crippen LogP) is 5.10. The fourth-order valence-electron chi connectivity index (χ4n) is 4.04. The van der Waals surface area contributed by atoms with E-state index in [1.165, 1.54) is 5.56 Å². The topological polar surface area (TPSA) is 90.7 Å². The first kappa shape index (κ1) is 24.0. The molecule has 1 fully saturated rings. The lowest BCUT2D eigenvalue weighted by Gasteiger charge is -2.21. The number of carbonyl (C=O) groups excluding carboxylic acids is 1. The van der Waals surface area contributed by atoms with Gasteiger partial charge in [-0.15, -0.1) is 0 Å². The quantitative estimate of drug-likeness (QED) is 0.480. The van der Waals surface area contributed by atoms with Crippen molar-refractivity contribution in [1.29, 1.82) is 0 Å². The lowest BCUT2D eigenvalue weighted by atomic mass is 9.98. The Morgan fingerprint density at radius 1 is 1.12 bits per heavy atom. The lowest BCUT2D eigenvalue weighted by Crippen LogP contribution is -2.28. The molecule has 0 aliphatic heterocycles. The fourth-order valence-corrected chi connectivity index (χ4v) is 4.92. The van der Waals surface area contributed by atoms with Crippen LogP contribution < -0.4 is 9.61 Å². The molecule has 0 spiro atoms. The Bertz CT molecular complexity index is 1150. The maximum atomic E-state index is 12.5. The Balaban J connectivity index is 1.32. The van der Waals surface area contributed by atoms with E-state index in [-0.39, 0.29) is 12.0 Å². The number of aromatic nitrogens is 2. The summed E-state index contributed by atoms with van der Waals surface area (Å²) in [5, 5.41) is 10.5. The molecule has 7 nitrogen and oxygen atoms in total. The number of nitrogens with zero attached hydrogens (tertiary/aromatic N) is 2. The van der Waals surface area contributed by atoms with Gasteiger partial charge in [-0.1, -0.05) is 42.9 Å². The highest BCUT2D eigenvalue weighted by atomic mass is 32.1.